The van der Waals surface area contributed by atoms with Crippen molar-refractivity contribution in [1.82, 2.24) is 0 Å². The molecule has 0 bridgehead atoms. The van der Waals surface area contributed by atoms with Gasteiger partial charge < -0.3 is 4.74 Å². The standard InChI is InChI=1S/C15H24O2/c1-11-7-6-10-15(4,5)14(11)9-8-12(2)17-13(3)16/h8-9,12H,6-7,10H2,1-5H3/b9-8-/t12-/m1/s1. The minimum atomic E-state index is -0.226. The van der Waals surface area contributed by atoms with Crippen LogP contribution in [0.1, 0.15) is 53.9 Å². The van der Waals surface area contributed by atoms with Gasteiger partial charge in [-0.2, -0.15) is 0 Å². The Morgan fingerprint density at radius 2 is 2.12 bits per heavy atom. The van der Waals surface area contributed by atoms with E-state index in [0.29, 0.717) is 0 Å². The van der Waals surface area contributed by atoms with Crippen LogP contribution in [0.3, 0.4) is 0 Å². The summed E-state index contributed by atoms with van der Waals surface area (Å²) in [4.78, 5) is 10.8. The smallest absolute Gasteiger partial charge is 0.303 e. The molecule has 0 amide bonds. The zero-order chi connectivity index (χ0) is 13.1. The van der Waals surface area contributed by atoms with Crippen molar-refractivity contribution in [1.29, 1.82) is 0 Å². The Morgan fingerprint density at radius 3 is 2.65 bits per heavy atom. The van der Waals surface area contributed by atoms with Crippen LogP contribution in [-0.2, 0) is 9.53 Å². The van der Waals surface area contributed by atoms with Gasteiger partial charge in [-0.1, -0.05) is 25.5 Å². The fourth-order valence-corrected chi connectivity index (χ4v) is 2.54. The van der Waals surface area contributed by atoms with E-state index >= 15 is 0 Å². The van der Waals surface area contributed by atoms with Crippen LogP contribution in [-0.4, -0.2) is 12.1 Å². The predicted molar refractivity (Wildman–Crippen MR) is 70.7 cm³/mol. The molecule has 0 N–H and O–H groups in total. The molecule has 0 saturated heterocycles. The van der Waals surface area contributed by atoms with Gasteiger partial charge in [0.15, 0.2) is 0 Å². The van der Waals surface area contributed by atoms with E-state index in [0.717, 1.165) is 0 Å². The number of allylic oxidation sites excluding steroid dienone is 3. The van der Waals surface area contributed by atoms with Gasteiger partial charge in [0, 0.05) is 6.92 Å². The highest BCUT2D eigenvalue weighted by atomic mass is 16.5. The zero-order valence-electron chi connectivity index (χ0n) is 11.7. The summed E-state index contributed by atoms with van der Waals surface area (Å²) in [6, 6.07) is 0. The van der Waals surface area contributed by atoms with E-state index < -0.39 is 0 Å². The summed E-state index contributed by atoms with van der Waals surface area (Å²) in [5.74, 6) is -0.226. The highest BCUT2D eigenvalue weighted by molar-refractivity contribution is 5.66. The summed E-state index contributed by atoms with van der Waals surface area (Å²) >= 11 is 0. The number of ether oxygens (including phenoxy) is 1. The van der Waals surface area contributed by atoms with E-state index in [1.165, 1.54) is 37.3 Å². The summed E-state index contributed by atoms with van der Waals surface area (Å²) < 4.78 is 5.10. The number of rotatable bonds is 3. The third-order valence-electron chi connectivity index (χ3n) is 3.43. The molecule has 1 rings (SSSR count). The molecule has 0 aromatic heterocycles. The first-order valence-corrected chi connectivity index (χ1v) is 6.38. The van der Waals surface area contributed by atoms with E-state index in [1.54, 1.807) is 0 Å². The van der Waals surface area contributed by atoms with Gasteiger partial charge in [0.1, 0.15) is 6.10 Å². The Hall–Kier alpha value is -1.05. The van der Waals surface area contributed by atoms with Crippen LogP contribution in [0.4, 0.5) is 0 Å². The molecule has 0 saturated carbocycles. The van der Waals surface area contributed by atoms with Gasteiger partial charge in [-0.05, 0) is 50.2 Å². The van der Waals surface area contributed by atoms with Crippen LogP contribution < -0.4 is 0 Å². The number of carbonyl (C=O) groups is 1. The Morgan fingerprint density at radius 1 is 1.47 bits per heavy atom. The molecule has 0 aliphatic heterocycles. The lowest BCUT2D eigenvalue weighted by atomic mass is 9.72. The van der Waals surface area contributed by atoms with Crippen LogP contribution in [0, 0.1) is 5.41 Å². The maximum absolute atomic E-state index is 10.8. The van der Waals surface area contributed by atoms with Crippen molar-refractivity contribution >= 4 is 5.97 Å². The molecule has 1 atom stereocenters. The normalized spacial score (nSPS) is 21.7. The van der Waals surface area contributed by atoms with Gasteiger partial charge in [0.05, 0.1) is 0 Å². The Bertz CT molecular complexity index is 348. The maximum Gasteiger partial charge on any atom is 0.303 e. The van der Waals surface area contributed by atoms with Crippen molar-refractivity contribution < 1.29 is 9.53 Å². The van der Waals surface area contributed by atoms with Gasteiger partial charge in [-0.25, -0.2) is 0 Å². The second-order valence-electron chi connectivity index (χ2n) is 5.61. The molecule has 2 heteroatoms. The average molecular weight is 236 g/mol. The summed E-state index contributed by atoms with van der Waals surface area (Å²) in [6.07, 6.45) is 7.66. The SMILES string of the molecule is CC(=O)O[C@H](C)/C=C\C1=C(C)CCCC1(C)C. The molecule has 0 aromatic rings. The minimum absolute atomic E-state index is 0.148. The van der Waals surface area contributed by atoms with E-state index in [2.05, 4.69) is 26.8 Å². The molecular weight excluding hydrogens is 212 g/mol. The third kappa shape index (κ3) is 4.03. The second-order valence-corrected chi connectivity index (χ2v) is 5.61. The Kier molecular flexibility index (Phi) is 4.55. The summed E-state index contributed by atoms with van der Waals surface area (Å²) in [6.45, 7) is 10.1. The first kappa shape index (κ1) is 14.0. The topological polar surface area (TPSA) is 26.3 Å². The lowest BCUT2D eigenvalue weighted by Crippen LogP contribution is -2.19. The first-order valence-electron chi connectivity index (χ1n) is 6.38. The van der Waals surface area contributed by atoms with Gasteiger partial charge in [0.25, 0.3) is 0 Å². The average Bonchev–Trinajstić information content (AvgIpc) is 2.14. The van der Waals surface area contributed by atoms with E-state index in [9.17, 15) is 4.79 Å². The molecule has 0 aromatic carbocycles. The van der Waals surface area contributed by atoms with Gasteiger partial charge in [-0.3, -0.25) is 4.79 Å². The van der Waals surface area contributed by atoms with Crippen LogP contribution in [0.2, 0.25) is 0 Å². The monoisotopic (exact) mass is 236 g/mol. The molecule has 0 radical (unpaired) electrons. The highest BCUT2D eigenvalue weighted by Gasteiger charge is 2.26. The quantitative estimate of drug-likeness (QED) is 0.692. The maximum atomic E-state index is 10.8. The van der Waals surface area contributed by atoms with E-state index in [-0.39, 0.29) is 17.5 Å². The Balaban J connectivity index is 2.78. The zero-order valence-corrected chi connectivity index (χ0v) is 11.7. The third-order valence-corrected chi connectivity index (χ3v) is 3.43. The fourth-order valence-electron chi connectivity index (χ4n) is 2.54. The lowest BCUT2D eigenvalue weighted by Gasteiger charge is -2.33. The van der Waals surface area contributed by atoms with Crippen molar-refractivity contribution in [2.24, 2.45) is 5.41 Å². The number of hydrogen-bond acceptors (Lipinski definition) is 2. The molecular formula is C15H24O2. The van der Waals surface area contributed by atoms with Crippen molar-refractivity contribution in [2.75, 3.05) is 0 Å². The van der Waals surface area contributed by atoms with E-state index in [1.807, 2.05) is 13.0 Å². The molecule has 0 unspecified atom stereocenters. The predicted octanol–water partition coefficient (Wildman–Crippen LogP) is 4.02. The molecule has 0 spiro atoms. The van der Waals surface area contributed by atoms with Crippen molar-refractivity contribution in [2.45, 2.75) is 60.0 Å². The minimum Gasteiger partial charge on any atom is -0.459 e. The van der Waals surface area contributed by atoms with Gasteiger partial charge >= 0.3 is 5.97 Å². The first-order chi connectivity index (χ1) is 7.83. The molecule has 0 fully saturated rings. The molecule has 96 valence electrons. The van der Waals surface area contributed by atoms with Crippen LogP contribution in [0.15, 0.2) is 23.3 Å². The van der Waals surface area contributed by atoms with Crippen LogP contribution in [0.25, 0.3) is 0 Å². The van der Waals surface area contributed by atoms with Crippen molar-refractivity contribution in [3.63, 3.8) is 0 Å². The van der Waals surface area contributed by atoms with Crippen molar-refractivity contribution in [3.8, 4) is 0 Å². The molecule has 17 heavy (non-hydrogen) atoms. The fraction of sp³-hybridized carbons (Fsp3) is 0.667. The summed E-state index contributed by atoms with van der Waals surface area (Å²) in [5.41, 5.74) is 3.12. The second kappa shape index (κ2) is 5.52. The molecule has 1 aliphatic carbocycles. The number of hydrogen-bond donors (Lipinski definition) is 0. The molecule has 1 aliphatic rings. The lowest BCUT2D eigenvalue weighted by molar-refractivity contribution is -0.143. The number of esters is 1. The van der Waals surface area contributed by atoms with Crippen LogP contribution >= 0.6 is 0 Å². The number of carbonyl (C=O) groups excluding carboxylic acids is 1. The van der Waals surface area contributed by atoms with Crippen LogP contribution in [0.5, 0.6) is 0 Å². The van der Waals surface area contributed by atoms with Gasteiger partial charge in [0.2, 0.25) is 0 Å². The molecule has 0 heterocycles. The summed E-state index contributed by atoms with van der Waals surface area (Å²) in [5, 5.41) is 0. The van der Waals surface area contributed by atoms with Gasteiger partial charge in [-0.15, -0.1) is 0 Å². The van der Waals surface area contributed by atoms with E-state index in [4.69, 9.17) is 4.74 Å². The highest BCUT2D eigenvalue weighted by Crippen LogP contribution is 2.40. The van der Waals surface area contributed by atoms with Crippen molar-refractivity contribution in [3.05, 3.63) is 23.3 Å². The largest absolute Gasteiger partial charge is 0.459 e. The molecule has 2 nitrogen and oxygen atoms in total. The summed E-state index contributed by atoms with van der Waals surface area (Å²) in [7, 11) is 0. The Labute approximate surface area is 105 Å².